The van der Waals surface area contributed by atoms with Gasteiger partial charge in [-0.3, -0.25) is 9.79 Å². The number of amides is 1. The molecule has 0 bridgehead atoms. The summed E-state index contributed by atoms with van der Waals surface area (Å²) >= 11 is 6.11. The lowest BCUT2D eigenvalue weighted by atomic mass is 9.92. The third-order valence-corrected chi connectivity index (χ3v) is 4.87. The number of halogens is 2. The van der Waals surface area contributed by atoms with E-state index in [1.54, 1.807) is 0 Å². The van der Waals surface area contributed by atoms with E-state index in [-0.39, 0.29) is 29.9 Å². The van der Waals surface area contributed by atoms with Gasteiger partial charge in [0.2, 0.25) is 5.91 Å². The second kappa shape index (κ2) is 11.7. The Kier molecular flexibility index (Phi) is 10.4. The van der Waals surface area contributed by atoms with Gasteiger partial charge in [-0.25, -0.2) is 0 Å². The Morgan fingerprint density at radius 2 is 2.00 bits per heavy atom. The number of carbonyl (C=O) groups is 1. The van der Waals surface area contributed by atoms with E-state index in [0.29, 0.717) is 19.1 Å². The third kappa shape index (κ3) is 7.31. The number of hydrogen-bond acceptors (Lipinski definition) is 3. The van der Waals surface area contributed by atoms with Crippen molar-refractivity contribution in [2.24, 2.45) is 10.4 Å². The molecule has 0 aliphatic carbocycles. The SMILES string of the molecule is CCNC(=O)C(C)(C)CN=C(NCC)NC1CCN(c2cccc(Cl)c2)C1.I. The standard InChI is InChI=1S/C20H32ClN5O.HI/c1-5-22-18(27)20(3,4)14-24-19(23-6-2)25-16-10-11-26(13-16)17-9-7-8-15(21)12-17;/h7-9,12,16H,5-6,10-11,13-14H2,1-4H3,(H,22,27)(H2,23,24,25);1H. The molecule has 1 amide bonds. The predicted molar refractivity (Wildman–Crippen MR) is 129 cm³/mol. The lowest BCUT2D eigenvalue weighted by Crippen LogP contribution is -2.46. The Balaban J connectivity index is 0.00000392. The van der Waals surface area contributed by atoms with Gasteiger partial charge in [0.25, 0.3) is 0 Å². The molecule has 1 aromatic rings. The van der Waals surface area contributed by atoms with E-state index < -0.39 is 5.41 Å². The van der Waals surface area contributed by atoms with Crippen LogP contribution in [-0.2, 0) is 4.79 Å². The number of aliphatic imine (C=N–C) groups is 1. The molecule has 2 rings (SSSR count). The molecular weight excluding hydrogens is 489 g/mol. The molecule has 158 valence electrons. The summed E-state index contributed by atoms with van der Waals surface area (Å²) < 4.78 is 0. The van der Waals surface area contributed by atoms with Crippen molar-refractivity contribution in [3.05, 3.63) is 29.3 Å². The van der Waals surface area contributed by atoms with Crippen molar-refractivity contribution in [1.29, 1.82) is 0 Å². The molecule has 3 N–H and O–H groups in total. The van der Waals surface area contributed by atoms with Crippen LogP contribution in [-0.4, -0.2) is 50.6 Å². The first-order valence-corrected chi connectivity index (χ1v) is 10.1. The number of benzene rings is 1. The summed E-state index contributed by atoms with van der Waals surface area (Å²) in [4.78, 5) is 19.2. The van der Waals surface area contributed by atoms with Crippen molar-refractivity contribution in [3.8, 4) is 0 Å². The highest BCUT2D eigenvalue weighted by Gasteiger charge is 2.28. The van der Waals surface area contributed by atoms with Crippen LogP contribution in [0.5, 0.6) is 0 Å². The quantitative estimate of drug-likeness (QED) is 0.293. The monoisotopic (exact) mass is 521 g/mol. The fourth-order valence-electron chi connectivity index (χ4n) is 3.05. The van der Waals surface area contributed by atoms with Crippen LogP contribution in [0.3, 0.4) is 0 Å². The number of nitrogens with one attached hydrogen (secondary N) is 3. The Hall–Kier alpha value is -1.22. The van der Waals surface area contributed by atoms with E-state index in [9.17, 15) is 4.79 Å². The molecule has 0 radical (unpaired) electrons. The van der Waals surface area contributed by atoms with Gasteiger partial charge < -0.3 is 20.9 Å². The van der Waals surface area contributed by atoms with Crippen molar-refractivity contribution in [3.63, 3.8) is 0 Å². The van der Waals surface area contributed by atoms with Crippen molar-refractivity contribution in [1.82, 2.24) is 16.0 Å². The summed E-state index contributed by atoms with van der Waals surface area (Å²) in [5, 5.41) is 10.4. The van der Waals surface area contributed by atoms with Gasteiger partial charge in [0.05, 0.1) is 12.0 Å². The summed E-state index contributed by atoms with van der Waals surface area (Å²) in [6, 6.07) is 8.26. The zero-order valence-corrected chi connectivity index (χ0v) is 20.3. The van der Waals surface area contributed by atoms with Gasteiger partial charge in [0, 0.05) is 42.9 Å². The lowest BCUT2D eigenvalue weighted by Gasteiger charge is -2.23. The zero-order valence-electron chi connectivity index (χ0n) is 17.2. The number of nitrogens with zero attached hydrogens (tertiary/aromatic N) is 2. The number of hydrogen-bond donors (Lipinski definition) is 3. The van der Waals surface area contributed by atoms with Gasteiger partial charge in [-0.1, -0.05) is 17.7 Å². The van der Waals surface area contributed by atoms with E-state index in [4.69, 9.17) is 11.6 Å². The smallest absolute Gasteiger partial charge is 0.227 e. The van der Waals surface area contributed by atoms with E-state index in [2.05, 4.69) is 31.9 Å². The molecule has 6 nitrogen and oxygen atoms in total. The molecule has 1 aromatic carbocycles. The normalized spacial score (nSPS) is 17.1. The average molecular weight is 522 g/mol. The van der Waals surface area contributed by atoms with Crippen LogP contribution in [0.4, 0.5) is 5.69 Å². The molecule has 28 heavy (non-hydrogen) atoms. The summed E-state index contributed by atoms with van der Waals surface area (Å²) in [6.07, 6.45) is 1.02. The Labute approximate surface area is 190 Å². The van der Waals surface area contributed by atoms with Crippen molar-refractivity contribution in [2.75, 3.05) is 37.6 Å². The minimum Gasteiger partial charge on any atom is -0.369 e. The maximum Gasteiger partial charge on any atom is 0.227 e. The molecule has 1 saturated heterocycles. The van der Waals surface area contributed by atoms with Crippen molar-refractivity contribution < 1.29 is 4.79 Å². The number of guanidine groups is 1. The van der Waals surface area contributed by atoms with Crippen molar-refractivity contribution >= 4 is 53.1 Å². The number of anilines is 1. The minimum atomic E-state index is -0.541. The van der Waals surface area contributed by atoms with Crippen LogP contribution in [0.1, 0.15) is 34.1 Å². The molecule has 1 aliphatic heterocycles. The van der Waals surface area contributed by atoms with E-state index >= 15 is 0 Å². The topological polar surface area (TPSA) is 68.8 Å². The number of carbonyl (C=O) groups excluding carboxylic acids is 1. The highest BCUT2D eigenvalue weighted by Crippen LogP contribution is 2.23. The maximum atomic E-state index is 12.2. The first-order chi connectivity index (χ1) is 12.9. The lowest BCUT2D eigenvalue weighted by molar-refractivity contribution is -0.128. The molecule has 1 atom stereocenters. The van der Waals surface area contributed by atoms with Gasteiger partial charge >= 0.3 is 0 Å². The molecule has 1 fully saturated rings. The Morgan fingerprint density at radius 3 is 2.64 bits per heavy atom. The Bertz CT molecular complexity index is 668. The number of rotatable bonds is 7. The van der Waals surface area contributed by atoms with Crippen LogP contribution in [0.2, 0.25) is 5.02 Å². The van der Waals surface area contributed by atoms with Crippen LogP contribution >= 0.6 is 35.6 Å². The summed E-state index contributed by atoms with van der Waals surface area (Å²) in [5.41, 5.74) is 0.604. The van der Waals surface area contributed by atoms with Crippen LogP contribution in [0, 0.1) is 5.41 Å². The summed E-state index contributed by atoms with van der Waals surface area (Å²) in [7, 11) is 0. The molecule has 1 heterocycles. The fourth-order valence-corrected chi connectivity index (χ4v) is 3.23. The Morgan fingerprint density at radius 1 is 1.29 bits per heavy atom. The molecule has 1 unspecified atom stereocenters. The third-order valence-electron chi connectivity index (χ3n) is 4.63. The van der Waals surface area contributed by atoms with Crippen LogP contribution in [0.15, 0.2) is 29.3 Å². The highest BCUT2D eigenvalue weighted by atomic mass is 127. The van der Waals surface area contributed by atoms with Gasteiger partial charge in [0.1, 0.15) is 0 Å². The van der Waals surface area contributed by atoms with Gasteiger partial charge in [0.15, 0.2) is 5.96 Å². The van der Waals surface area contributed by atoms with Crippen molar-refractivity contribution in [2.45, 2.75) is 40.2 Å². The molecule has 8 heteroatoms. The largest absolute Gasteiger partial charge is 0.369 e. The average Bonchev–Trinajstić information content (AvgIpc) is 3.09. The first kappa shape index (κ1) is 24.8. The summed E-state index contributed by atoms with van der Waals surface area (Å²) in [5.74, 6) is 0.783. The molecule has 0 saturated carbocycles. The van der Waals surface area contributed by atoms with E-state index in [1.165, 1.54) is 0 Å². The second-order valence-electron chi connectivity index (χ2n) is 7.49. The van der Waals surface area contributed by atoms with Gasteiger partial charge in [-0.05, 0) is 52.3 Å². The molecule has 0 aromatic heterocycles. The molecular formula is C20H33ClIN5O. The van der Waals surface area contributed by atoms with Gasteiger partial charge in [-0.2, -0.15) is 0 Å². The van der Waals surface area contributed by atoms with E-state index in [0.717, 1.165) is 42.7 Å². The molecule has 1 aliphatic rings. The van der Waals surface area contributed by atoms with Crippen LogP contribution in [0.25, 0.3) is 0 Å². The summed E-state index contributed by atoms with van der Waals surface area (Å²) in [6.45, 7) is 11.5. The predicted octanol–water partition coefficient (Wildman–Crippen LogP) is 3.25. The molecule has 0 spiro atoms. The zero-order chi connectivity index (χ0) is 19.9. The maximum absolute atomic E-state index is 12.2. The second-order valence-corrected chi connectivity index (χ2v) is 7.93. The van der Waals surface area contributed by atoms with E-state index in [1.807, 2.05) is 45.9 Å². The van der Waals surface area contributed by atoms with Gasteiger partial charge in [-0.15, -0.1) is 24.0 Å². The minimum absolute atomic E-state index is 0. The van der Waals surface area contributed by atoms with Crippen LogP contribution < -0.4 is 20.9 Å². The highest BCUT2D eigenvalue weighted by molar-refractivity contribution is 14.0. The first-order valence-electron chi connectivity index (χ1n) is 9.69. The fraction of sp³-hybridized carbons (Fsp3) is 0.600.